The van der Waals surface area contributed by atoms with Crippen molar-refractivity contribution in [3.05, 3.63) is 102 Å². The monoisotopic (exact) mass is 552 g/mol. The molecule has 6 rings (SSSR count). The van der Waals surface area contributed by atoms with Crippen LogP contribution in [0.25, 0.3) is 5.69 Å². The maximum absolute atomic E-state index is 5.97. The van der Waals surface area contributed by atoms with Gasteiger partial charge in [0.1, 0.15) is 0 Å². The van der Waals surface area contributed by atoms with Gasteiger partial charge in [0.25, 0.3) is 0 Å². The van der Waals surface area contributed by atoms with Crippen LogP contribution in [0.15, 0.2) is 79.0 Å². The summed E-state index contributed by atoms with van der Waals surface area (Å²) in [6.07, 6.45) is 1.85. The molecule has 4 heterocycles. The molecule has 1 N–H and O–H groups in total. The number of ether oxygens (including phenoxy) is 1. The number of hydrogen-bond acceptors (Lipinski definition) is 5. The van der Waals surface area contributed by atoms with E-state index < -0.39 is 0 Å². The summed E-state index contributed by atoms with van der Waals surface area (Å²) < 4.78 is 7.88. The van der Waals surface area contributed by atoms with E-state index >= 15 is 0 Å². The summed E-state index contributed by atoms with van der Waals surface area (Å²) in [7, 11) is 4.11. The molecule has 2 aliphatic rings. The largest absolute Gasteiger partial charge is 0.378 e. The van der Waals surface area contributed by atoms with E-state index in [9.17, 15) is 0 Å². The lowest BCUT2D eigenvalue weighted by Gasteiger charge is -2.29. The second-order valence-corrected chi connectivity index (χ2v) is 11.1. The minimum absolute atomic E-state index is 0.0554. The number of nitrogens with zero attached hydrogens (tertiary/aromatic N) is 5. The van der Waals surface area contributed by atoms with E-state index in [1.165, 1.54) is 22.6 Å². The molecule has 2 aliphatic heterocycles. The molecule has 0 unspecified atom stereocenters. The number of benzene rings is 2. The Morgan fingerprint density at radius 2 is 1.57 bits per heavy atom. The molecule has 0 amide bonds. The highest BCUT2D eigenvalue weighted by atomic mass is 32.1. The highest BCUT2D eigenvalue weighted by molar-refractivity contribution is 7.80. The van der Waals surface area contributed by atoms with Crippen molar-refractivity contribution in [2.75, 3.05) is 55.1 Å². The number of thiocarbonyl (C=S) groups is 1. The molecule has 2 fully saturated rings. The van der Waals surface area contributed by atoms with Gasteiger partial charge in [-0.15, -0.1) is 0 Å². The lowest BCUT2D eigenvalue weighted by atomic mass is 9.96. The van der Waals surface area contributed by atoms with Gasteiger partial charge < -0.3 is 29.3 Å². The quantitative estimate of drug-likeness (QED) is 0.314. The van der Waals surface area contributed by atoms with Gasteiger partial charge in [-0.05, 0) is 98.4 Å². The Bertz CT molecular complexity index is 1480. The predicted octanol–water partition coefficient (Wildman–Crippen LogP) is 5.57. The van der Waals surface area contributed by atoms with Gasteiger partial charge in [-0.1, -0.05) is 6.07 Å². The van der Waals surface area contributed by atoms with Crippen molar-refractivity contribution in [1.82, 2.24) is 14.9 Å². The van der Waals surface area contributed by atoms with Crippen LogP contribution < -0.4 is 20.0 Å². The van der Waals surface area contributed by atoms with Crippen LogP contribution >= 0.6 is 12.2 Å². The zero-order valence-electron chi connectivity index (χ0n) is 23.5. The zero-order chi connectivity index (χ0) is 27.8. The number of aromatic nitrogens is 2. The fraction of sp³-hybridized carbons (Fsp3) is 0.312. The molecule has 206 valence electrons. The molecule has 0 saturated carbocycles. The summed E-state index contributed by atoms with van der Waals surface area (Å²) >= 11 is 5.97. The number of morpholine rings is 1. The van der Waals surface area contributed by atoms with Crippen molar-refractivity contribution < 1.29 is 4.74 Å². The summed E-state index contributed by atoms with van der Waals surface area (Å²) in [5, 5.41) is 4.31. The van der Waals surface area contributed by atoms with Crippen LogP contribution in [0.5, 0.6) is 0 Å². The molecule has 2 aromatic heterocycles. The van der Waals surface area contributed by atoms with Crippen molar-refractivity contribution in [2.45, 2.75) is 25.9 Å². The first-order valence-electron chi connectivity index (χ1n) is 13.8. The fourth-order valence-corrected chi connectivity index (χ4v) is 6.32. The maximum Gasteiger partial charge on any atom is 0.174 e. The number of aryl methyl sites for hydroxylation is 1. The Kier molecular flexibility index (Phi) is 7.21. The first-order valence-corrected chi connectivity index (χ1v) is 14.2. The van der Waals surface area contributed by atoms with Gasteiger partial charge in [0.05, 0.1) is 31.0 Å². The van der Waals surface area contributed by atoms with E-state index in [4.69, 9.17) is 21.9 Å². The molecule has 2 saturated heterocycles. The Labute approximate surface area is 242 Å². The standard InChI is InChI=1S/C32H36N6OS/c1-22-21-28(23(2)37(22)26-14-10-25(11-15-26)36-17-19-39-20-18-36)31-30(29-7-5-6-16-33-29)34-32(40)38(31)27-12-8-24(9-13-27)35(3)4/h5-16,21,30-31H,17-20H2,1-4H3,(H,34,40)/t30-,31+/m1/s1. The normalized spacial score (nSPS) is 19.1. The predicted molar refractivity (Wildman–Crippen MR) is 167 cm³/mol. The third kappa shape index (κ3) is 4.82. The fourth-order valence-electron chi connectivity index (χ4n) is 5.98. The minimum Gasteiger partial charge on any atom is -0.378 e. The summed E-state index contributed by atoms with van der Waals surface area (Å²) in [5.74, 6) is 0. The molecule has 4 aromatic rings. The summed E-state index contributed by atoms with van der Waals surface area (Å²) in [6, 6.07) is 25.7. The Morgan fingerprint density at radius 3 is 2.23 bits per heavy atom. The van der Waals surface area contributed by atoms with Crippen LogP contribution in [0.4, 0.5) is 17.1 Å². The number of nitrogens with one attached hydrogen (secondary N) is 1. The van der Waals surface area contributed by atoms with E-state index in [1.807, 2.05) is 18.3 Å². The molecule has 0 spiro atoms. The van der Waals surface area contributed by atoms with Crippen LogP contribution in [-0.2, 0) is 4.74 Å². The van der Waals surface area contributed by atoms with E-state index in [0.717, 1.165) is 49.1 Å². The molecular formula is C32H36N6OS. The first kappa shape index (κ1) is 26.3. The van der Waals surface area contributed by atoms with Gasteiger partial charge in [-0.25, -0.2) is 0 Å². The van der Waals surface area contributed by atoms with Crippen molar-refractivity contribution >= 4 is 34.4 Å². The number of hydrogen-bond donors (Lipinski definition) is 1. The SMILES string of the molecule is Cc1cc([C@H]2[C@@H](c3ccccn3)NC(=S)N2c2ccc(N(C)C)cc2)c(C)n1-c1ccc(N2CCOCC2)cc1. The highest BCUT2D eigenvalue weighted by Crippen LogP contribution is 2.44. The molecule has 2 aromatic carbocycles. The molecule has 0 bridgehead atoms. The highest BCUT2D eigenvalue weighted by Gasteiger charge is 2.42. The van der Waals surface area contributed by atoms with Gasteiger partial charge in [0.15, 0.2) is 5.11 Å². The van der Waals surface area contributed by atoms with Crippen LogP contribution in [0.3, 0.4) is 0 Å². The minimum atomic E-state index is -0.0835. The second kappa shape index (κ2) is 10.9. The van der Waals surface area contributed by atoms with Crippen molar-refractivity contribution in [2.24, 2.45) is 0 Å². The molecular weight excluding hydrogens is 516 g/mol. The van der Waals surface area contributed by atoms with E-state index in [2.05, 4.69) is 113 Å². The first-order chi connectivity index (χ1) is 19.4. The van der Waals surface area contributed by atoms with Crippen molar-refractivity contribution in [3.63, 3.8) is 0 Å². The Balaban J connectivity index is 1.40. The Morgan fingerprint density at radius 1 is 0.900 bits per heavy atom. The van der Waals surface area contributed by atoms with Gasteiger partial charge in [-0.2, -0.15) is 0 Å². The topological polar surface area (TPSA) is 48.8 Å². The zero-order valence-corrected chi connectivity index (χ0v) is 24.4. The van der Waals surface area contributed by atoms with Crippen LogP contribution in [0, 0.1) is 13.8 Å². The van der Waals surface area contributed by atoms with Crippen molar-refractivity contribution in [1.29, 1.82) is 0 Å². The third-order valence-corrected chi connectivity index (χ3v) is 8.33. The summed E-state index contributed by atoms with van der Waals surface area (Å²) in [5.41, 5.74) is 9.20. The van der Waals surface area contributed by atoms with Gasteiger partial charge in [-0.3, -0.25) is 4.98 Å². The van der Waals surface area contributed by atoms with Crippen LogP contribution in [0.1, 0.15) is 34.7 Å². The van der Waals surface area contributed by atoms with E-state index in [-0.39, 0.29) is 12.1 Å². The van der Waals surface area contributed by atoms with E-state index in [0.29, 0.717) is 5.11 Å². The van der Waals surface area contributed by atoms with Crippen LogP contribution in [-0.4, -0.2) is 55.1 Å². The number of rotatable bonds is 6. The van der Waals surface area contributed by atoms with Crippen molar-refractivity contribution in [3.8, 4) is 5.69 Å². The number of pyridine rings is 1. The maximum atomic E-state index is 5.97. The summed E-state index contributed by atoms with van der Waals surface area (Å²) in [4.78, 5) is 11.5. The second-order valence-electron chi connectivity index (χ2n) is 10.7. The molecule has 2 atom stereocenters. The third-order valence-electron chi connectivity index (χ3n) is 8.02. The average molecular weight is 553 g/mol. The lowest BCUT2D eigenvalue weighted by Crippen LogP contribution is -2.36. The average Bonchev–Trinajstić information content (AvgIpc) is 3.48. The molecule has 0 radical (unpaired) electrons. The van der Waals surface area contributed by atoms with Gasteiger partial charge in [0, 0.05) is 67.5 Å². The molecule has 40 heavy (non-hydrogen) atoms. The van der Waals surface area contributed by atoms with Gasteiger partial charge in [0.2, 0.25) is 0 Å². The molecule has 8 heteroatoms. The molecule has 0 aliphatic carbocycles. The van der Waals surface area contributed by atoms with Crippen LogP contribution in [0.2, 0.25) is 0 Å². The van der Waals surface area contributed by atoms with E-state index in [1.54, 1.807) is 0 Å². The summed E-state index contributed by atoms with van der Waals surface area (Å²) in [6.45, 7) is 7.81. The smallest absolute Gasteiger partial charge is 0.174 e. The Hall–Kier alpha value is -3.88. The molecule has 7 nitrogen and oxygen atoms in total. The van der Waals surface area contributed by atoms with Gasteiger partial charge >= 0.3 is 0 Å². The lowest BCUT2D eigenvalue weighted by molar-refractivity contribution is 0.122. The number of anilines is 3.